The molecule has 0 saturated carbocycles. The van der Waals surface area contributed by atoms with Gasteiger partial charge in [0.25, 0.3) is 5.91 Å². The van der Waals surface area contributed by atoms with Gasteiger partial charge in [0.2, 0.25) is 5.91 Å². The van der Waals surface area contributed by atoms with Crippen LogP contribution >= 0.6 is 11.6 Å². The zero-order valence-electron chi connectivity index (χ0n) is 13.4. The van der Waals surface area contributed by atoms with Crippen LogP contribution in [-0.2, 0) is 24.2 Å². The Labute approximate surface area is 145 Å². The van der Waals surface area contributed by atoms with Crippen LogP contribution in [0.1, 0.15) is 34.5 Å². The highest BCUT2D eigenvalue weighted by Gasteiger charge is 2.17. The Morgan fingerprint density at radius 1 is 1.33 bits per heavy atom. The molecule has 1 aliphatic rings. The number of aryl methyl sites for hydroxylation is 1. The van der Waals surface area contributed by atoms with Gasteiger partial charge in [-0.2, -0.15) is 5.10 Å². The number of nitrogens with one attached hydrogen (secondary N) is 2. The molecule has 0 fully saturated rings. The molecule has 0 aliphatic carbocycles. The molecule has 2 heterocycles. The average molecular weight is 347 g/mol. The lowest BCUT2D eigenvalue weighted by molar-refractivity contribution is -0.115. The quantitative estimate of drug-likeness (QED) is 0.892. The van der Waals surface area contributed by atoms with Crippen LogP contribution in [0.5, 0.6) is 0 Å². The van der Waals surface area contributed by atoms with Crippen LogP contribution in [0.25, 0.3) is 0 Å². The second-order valence-electron chi connectivity index (χ2n) is 5.80. The number of carbonyl (C=O) groups is 2. The van der Waals surface area contributed by atoms with Gasteiger partial charge in [-0.05, 0) is 37.5 Å². The summed E-state index contributed by atoms with van der Waals surface area (Å²) >= 11 is 6.16. The van der Waals surface area contributed by atoms with Gasteiger partial charge in [-0.15, -0.1) is 0 Å². The molecular weight excluding hydrogens is 328 g/mol. The maximum Gasteiger partial charge on any atom is 0.251 e. The highest BCUT2D eigenvalue weighted by atomic mass is 35.5. The van der Waals surface area contributed by atoms with Crippen LogP contribution in [0.2, 0.25) is 5.02 Å². The van der Waals surface area contributed by atoms with Crippen LogP contribution in [0, 0.1) is 0 Å². The smallest absolute Gasteiger partial charge is 0.251 e. The lowest BCUT2D eigenvalue weighted by Gasteiger charge is -2.14. The maximum absolute atomic E-state index is 12.3. The molecule has 1 aromatic carbocycles. The summed E-state index contributed by atoms with van der Waals surface area (Å²) in [7, 11) is 1.55. The lowest BCUT2D eigenvalue weighted by Crippen LogP contribution is -2.19. The maximum atomic E-state index is 12.3. The van der Waals surface area contributed by atoms with Crippen molar-refractivity contribution in [2.45, 2.75) is 32.2 Å². The molecule has 0 atom stereocenters. The van der Waals surface area contributed by atoms with Gasteiger partial charge in [0, 0.05) is 30.4 Å². The van der Waals surface area contributed by atoms with Crippen LogP contribution in [0.4, 0.5) is 5.69 Å². The van der Waals surface area contributed by atoms with E-state index in [4.69, 9.17) is 11.6 Å². The number of aromatic nitrogens is 2. The second kappa shape index (κ2) is 7.05. The minimum Gasteiger partial charge on any atom is -0.355 e. The lowest BCUT2D eigenvalue weighted by atomic mass is 10.0. The number of rotatable bonds is 4. The standard InChI is InChI=1S/C17H19ClN4O2/c1-19-17(24)11-5-6-14(13(18)8-11)21-16(23)9-12-10-20-22-7-3-2-4-15(12)22/h5-6,8,10H,2-4,7,9H2,1H3,(H,19,24)(H,21,23). The Bertz CT molecular complexity index is 785. The van der Waals surface area contributed by atoms with E-state index in [2.05, 4.69) is 15.7 Å². The van der Waals surface area contributed by atoms with E-state index in [1.165, 1.54) is 6.07 Å². The number of carbonyl (C=O) groups excluding carboxylic acids is 2. The third kappa shape index (κ3) is 3.43. The van der Waals surface area contributed by atoms with Crippen molar-refractivity contribution >= 4 is 29.1 Å². The van der Waals surface area contributed by atoms with Crippen molar-refractivity contribution in [2.75, 3.05) is 12.4 Å². The third-order valence-corrected chi connectivity index (χ3v) is 4.46. The largest absolute Gasteiger partial charge is 0.355 e. The van der Waals surface area contributed by atoms with E-state index in [1.807, 2.05) is 4.68 Å². The van der Waals surface area contributed by atoms with Gasteiger partial charge in [0.15, 0.2) is 0 Å². The van der Waals surface area contributed by atoms with Crippen LogP contribution in [0.3, 0.4) is 0 Å². The zero-order chi connectivity index (χ0) is 17.1. The van der Waals surface area contributed by atoms with Crippen LogP contribution in [0.15, 0.2) is 24.4 Å². The summed E-state index contributed by atoms with van der Waals surface area (Å²) in [5.74, 6) is -0.368. The van der Waals surface area contributed by atoms with Gasteiger partial charge >= 0.3 is 0 Å². The van der Waals surface area contributed by atoms with Gasteiger partial charge in [-0.1, -0.05) is 11.6 Å². The molecule has 126 valence electrons. The summed E-state index contributed by atoms with van der Waals surface area (Å²) in [5.41, 5.74) is 3.06. The third-order valence-electron chi connectivity index (χ3n) is 4.15. The summed E-state index contributed by atoms with van der Waals surface area (Å²) in [6, 6.07) is 4.80. The predicted molar refractivity (Wildman–Crippen MR) is 92.3 cm³/mol. The first-order valence-electron chi connectivity index (χ1n) is 7.93. The molecule has 6 nitrogen and oxygen atoms in total. The van der Waals surface area contributed by atoms with Crippen LogP contribution < -0.4 is 10.6 Å². The fourth-order valence-electron chi connectivity index (χ4n) is 2.90. The molecule has 2 amide bonds. The molecule has 2 N–H and O–H groups in total. The highest BCUT2D eigenvalue weighted by molar-refractivity contribution is 6.34. The van der Waals surface area contributed by atoms with E-state index in [1.54, 1.807) is 25.4 Å². The van der Waals surface area contributed by atoms with E-state index in [-0.39, 0.29) is 18.2 Å². The first-order valence-corrected chi connectivity index (χ1v) is 8.31. The van der Waals surface area contributed by atoms with Crippen molar-refractivity contribution in [3.8, 4) is 0 Å². The average Bonchev–Trinajstić information content (AvgIpc) is 2.99. The molecule has 0 saturated heterocycles. The van der Waals surface area contributed by atoms with Crippen LogP contribution in [-0.4, -0.2) is 28.6 Å². The van der Waals surface area contributed by atoms with Gasteiger partial charge in [-0.3, -0.25) is 14.3 Å². The van der Waals surface area contributed by atoms with E-state index in [0.717, 1.165) is 37.1 Å². The molecule has 0 radical (unpaired) electrons. The Morgan fingerprint density at radius 2 is 2.17 bits per heavy atom. The number of nitrogens with zero attached hydrogens (tertiary/aromatic N) is 2. The fraction of sp³-hybridized carbons (Fsp3) is 0.353. The molecule has 1 aliphatic heterocycles. The molecule has 1 aromatic heterocycles. The number of halogens is 1. The van der Waals surface area contributed by atoms with Crippen molar-refractivity contribution in [2.24, 2.45) is 0 Å². The fourth-order valence-corrected chi connectivity index (χ4v) is 3.13. The Kier molecular flexibility index (Phi) is 4.85. The number of anilines is 1. The minimum absolute atomic E-state index is 0.147. The molecule has 24 heavy (non-hydrogen) atoms. The first-order chi connectivity index (χ1) is 11.6. The van der Waals surface area contributed by atoms with Gasteiger partial charge in [0.05, 0.1) is 23.3 Å². The molecule has 0 unspecified atom stereocenters. The molecule has 0 spiro atoms. The summed E-state index contributed by atoms with van der Waals surface area (Å²) in [4.78, 5) is 23.9. The number of hydrogen-bond acceptors (Lipinski definition) is 3. The SMILES string of the molecule is CNC(=O)c1ccc(NC(=O)Cc2cnn3c2CCCC3)c(Cl)c1. The Morgan fingerprint density at radius 3 is 2.92 bits per heavy atom. The minimum atomic E-state index is -0.221. The monoisotopic (exact) mass is 346 g/mol. The summed E-state index contributed by atoms with van der Waals surface area (Å²) in [5, 5.41) is 10.0. The molecular formula is C17H19ClN4O2. The van der Waals surface area contributed by atoms with Gasteiger partial charge in [-0.25, -0.2) is 0 Å². The van der Waals surface area contributed by atoms with E-state index >= 15 is 0 Å². The van der Waals surface area contributed by atoms with E-state index < -0.39 is 0 Å². The van der Waals surface area contributed by atoms with Gasteiger partial charge < -0.3 is 10.6 Å². The summed E-state index contributed by atoms with van der Waals surface area (Å²) in [6.07, 6.45) is 5.27. The normalized spacial score (nSPS) is 13.2. The van der Waals surface area contributed by atoms with Crippen molar-refractivity contribution in [1.82, 2.24) is 15.1 Å². The molecule has 7 heteroatoms. The number of amides is 2. The van der Waals surface area contributed by atoms with E-state index in [9.17, 15) is 9.59 Å². The topological polar surface area (TPSA) is 76.0 Å². The van der Waals surface area contributed by atoms with Crippen molar-refractivity contribution in [3.05, 3.63) is 46.2 Å². The zero-order valence-corrected chi connectivity index (χ0v) is 14.2. The molecule has 3 rings (SSSR count). The first kappa shape index (κ1) is 16.5. The molecule has 2 aromatic rings. The van der Waals surface area contributed by atoms with Gasteiger partial charge in [0.1, 0.15) is 0 Å². The highest BCUT2D eigenvalue weighted by Crippen LogP contribution is 2.24. The predicted octanol–water partition coefficient (Wildman–Crippen LogP) is 2.41. The number of hydrogen-bond donors (Lipinski definition) is 2. The van der Waals surface area contributed by atoms with E-state index in [0.29, 0.717) is 16.3 Å². The second-order valence-corrected chi connectivity index (χ2v) is 6.20. The van der Waals surface area contributed by atoms with Crippen molar-refractivity contribution in [1.29, 1.82) is 0 Å². The number of fused-ring (bicyclic) bond motifs is 1. The van der Waals surface area contributed by atoms with Crippen molar-refractivity contribution in [3.63, 3.8) is 0 Å². The summed E-state index contributed by atoms with van der Waals surface area (Å²) < 4.78 is 1.98. The Balaban J connectivity index is 1.69. The molecule has 0 bridgehead atoms. The van der Waals surface area contributed by atoms with Crippen molar-refractivity contribution < 1.29 is 9.59 Å². The summed E-state index contributed by atoms with van der Waals surface area (Å²) in [6.45, 7) is 0.920. The number of benzene rings is 1. The Hall–Kier alpha value is -2.34.